The van der Waals surface area contributed by atoms with E-state index in [4.69, 9.17) is 20.4 Å². The monoisotopic (exact) mass is 417 g/mol. The highest BCUT2D eigenvalue weighted by Crippen LogP contribution is 2.32. The van der Waals surface area contributed by atoms with Crippen molar-refractivity contribution in [3.05, 3.63) is 81.1 Å². The first kappa shape index (κ1) is 18.6. The third-order valence-electron chi connectivity index (χ3n) is 5.32. The van der Waals surface area contributed by atoms with Gasteiger partial charge in [0.1, 0.15) is 5.76 Å². The first-order valence-corrected chi connectivity index (χ1v) is 9.93. The average molecular weight is 418 g/mol. The summed E-state index contributed by atoms with van der Waals surface area (Å²) in [5.41, 5.74) is 4.55. The van der Waals surface area contributed by atoms with Crippen LogP contribution in [0.25, 0.3) is 28.8 Å². The summed E-state index contributed by atoms with van der Waals surface area (Å²) in [5.74, 6) is 0.176. The minimum absolute atomic E-state index is 0.0898. The lowest BCUT2D eigenvalue weighted by Gasteiger charge is -2.04. The summed E-state index contributed by atoms with van der Waals surface area (Å²) in [6, 6.07) is 12.3. The SMILES string of the molecule is CCc1cc2c(cc1C)C(=O)/C(=C/c1cc3oc(-c4ccc(Cl)cc4)nc3o1)C2=O. The highest BCUT2D eigenvalue weighted by atomic mass is 35.5. The molecule has 0 radical (unpaired) electrons. The van der Waals surface area contributed by atoms with Crippen LogP contribution in [0.5, 0.6) is 0 Å². The number of allylic oxidation sites excluding steroid dienone is 1. The van der Waals surface area contributed by atoms with Crippen molar-refractivity contribution in [1.82, 2.24) is 4.98 Å². The Kier molecular flexibility index (Phi) is 4.22. The van der Waals surface area contributed by atoms with Gasteiger partial charge in [-0.05, 0) is 66.9 Å². The van der Waals surface area contributed by atoms with Gasteiger partial charge in [0.15, 0.2) is 17.1 Å². The second-order valence-electron chi connectivity index (χ2n) is 7.24. The number of hydrogen-bond acceptors (Lipinski definition) is 5. The van der Waals surface area contributed by atoms with E-state index in [1.54, 1.807) is 36.4 Å². The number of aryl methyl sites for hydroxylation is 2. The third-order valence-corrected chi connectivity index (χ3v) is 5.57. The number of aromatic nitrogens is 1. The first-order valence-electron chi connectivity index (χ1n) is 9.55. The van der Waals surface area contributed by atoms with Gasteiger partial charge in [0.2, 0.25) is 5.89 Å². The van der Waals surface area contributed by atoms with Crippen molar-refractivity contribution in [2.75, 3.05) is 0 Å². The van der Waals surface area contributed by atoms with Gasteiger partial charge in [0, 0.05) is 27.8 Å². The Morgan fingerprint density at radius 3 is 2.37 bits per heavy atom. The van der Waals surface area contributed by atoms with Crippen molar-refractivity contribution in [2.24, 2.45) is 0 Å². The van der Waals surface area contributed by atoms with Gasteiger partial charge in [-0.1, -0.05) is 18.5 Å². The fourth-order valence-corrected chi connectivity index (χ4v) is 3.84. The largest absolute Gasteiger partial charge is 0.436 e. The molecule has 0 aliphatic heterocycles. The van der Waals surface area contributed by atoms with E-state index < -0.39 is 0 Å². The maximum atomic E-state index is 12.8. The Bertz CT molecular complexity index is 1340. The molecule has 0 fully saturated rings. The number of rotatable bonds is 3. The van der Waals surface area contributed by atoms with Crippen LogP contribution in [0, 0.1) is 6.92 Å². The van der Waals surface area contributed by atoms with Crippen LogP contribution >= 0.6 is 11.6 Å². The van der Waals surface area contributed by atoms with Crippen molar-refractivity contribution in [3.8, 4) is 11.5 Å². The zero-order valence-corrected chi connectivity index (χ0v) is 17.0. The standard InChI is InChI=1S/C24H16ClNO4/c1-3-13-9-18-17(8-12(13)2)21(27)19(22(18)28)10-16-11-20-24(29-16)26-23(30-20)14-4-6-15(25)7-5-14/h4-11H,3H2,1-2H3/b19-10-. The van der Waals surface area contributed by atoms with E-state index in [1.807, 2.05) is 19.9 Å². The number of hydrogen-bond donors (Lipinski definition) is 0. The fourth-order valence-electron chi connectivity index (χ4n) is 3.72. The molecule has 30 heavy (non-hydrogen) atoms. The average Bonchev–Trinajstić information content (AvgIpc) is 3.35. The molecule has 0 spiro atoms. The number of fused-ring (bicyclic) bond motifs is 2. The molecule has 4 aromatic rings. The number of nitrogens with zero attached hydrogens (tertiary/aromatic N) is 1. The van der Waals surface area contributed by atoms with Gasteiger partial charge in [-0.15, -0.1) is 0 Å². The van der Waals surface area contributed by atoms with Crippen LogP contribution in [0.3, 0.4) is 0 Å². The van der Waals surface area contributed by atoms with Crippen molar-refractivity contribution < 1.29 is 18.4 Å². The highest BCUT2D eigenvalue weighted by Gasteiger charge is 2.34. The van der Waals surface area contributed by atoms with Crippen molar-refractivity contribution in [2.45, 2.75) is 20.3 Å². The number of benzene rings is 2. The Hall–Kier alpha value is -3.44. The van der Waals surface area contributed by atoms with Crippen molar-refractivity contribution >= 4 is 40.5 Å². The normalized spacial score (nSPS) is 14.8. The molecule has 5 rings (SSSR count). The molecule has 0 N–H and O–H groups in total. The Balaban J connectivity index is 1.50. The van der Waals surface area contributed by atoms with E-state index in [0.717, 1.165) is 23.1 Å². The minimum Gasteiger partial charge on any atom is -0.436 e. The lowest BCUT2D eigenvalue weighted by molar-refractivity contribution is 0.0990. The van der Waals surface area contributed by atoms with E-state index >= 15 is 0 Å². The summed E-state index contributed by atoms with van der Waals surface area (Å²) < 4.78 is 11.5. The first-order chi connectivity index (χ1) is 14.4. The van der Waals surface area contributed by atoms with E-state index in [2.05, 4.69) is 4.98 Å². The zero-order chi connectivity index (χ0) is 21.0. The van der Waals surface area contributed by atoms with E-state index in [1.165, 1.54) is 6.08 Å². The molecule has 5 nitrogen and oxygen atoms in total. The lowest BCUT2D eigenvalue weighted by atomic mass is 9.99. The smallest absolute Gasteiger partial charge is 0.266 e. The summed E-state index contributed by atoms with van der Waals surface area (Å²) in [6.07, 6.45) is 2.26. The quantitative estimate of drug-likeness (QED) is 0.298. The second-order valence-corrected chi connectivity index (χ2v) is 7.67. The summed E-state index contributed by atoms with van der Waals surface area (Å²) in [4.78, 5) is 30.0. The molecule has 0 atom stereocenters. The maximum absolute atomic E-state index is 12.8. The third kappa shape index (κ3) is 2.90. The Morgan fingerprint density at radius 1 is 1.00 bits per heavy atom. The number of halogens is 1. The molecule has 0 unspecified atom stereocenters. The van der Waals surface area contributed by atoms with Gasteiger partial charge in [-0.3, -0.25) is 9.59 Å². The topological polar surface area (TPSA) is 73.3 Å². The van der Waals surface area contributed by atoms with Crippen LogP contribution in [-0.4, -0.2) is 16.6 Å². The van der Waals surface area contributed by atoms with Gasteiger partial charge in [-0.2, -0.15) is 4.98 Å². The molecule has 2 heterocycles. The van der Waals surface area contributed by atoms with Crippen molar-refractivity contribution in [3.63, 3.8) is 0 Å². The summed E-state index contributed by atoms with van der Waals surface area (Å²) >= 11 is 5.91. The number of carbonyl (C=O) groups is 2. The van der Waals surface area contributed by atoms with Gasteiger partial charge in [0.05, 0.1) is 5.57 Å². The summed E-state index contributed by atoms with van der Waals surface area (Å²) in [5, 5.41) is 0.621. The van der Waals surface area contributed by atoms with Crippen LogP contribution in [0.1, 0.15) is 44.5 Å². The fraction of sp³-hybridized carbons (Fsp3) is 0.125. The molecule has 2 aromatic heterocycles. The van der Waals surface area contributed by atoms with Gasteiger partial charge >= 0.3 is 0 Å². The van der Waals surface area contributed by atoms with Crippen LogP contribution < -0.4 is 0 Å². The number of furan rings is 1. The molecule has 0 bridgehead atoms. The van der Waals surface area contributed by atoms with Crippen LogP contribution in [0.4, 0.5) is 0 Å². The minimum atomic E-state index is -0.288. The predicted octanol–water partition coefficient (Wildman–Crippen LogP) is 6.07. The molecule has 6 heteroatoms. The van der Waals surface area contributed by atoms with Gasteiger partial charge < -0.3 is 8.83 Å². The Labute approximate surface area is 177 Å². The zero-order valence-electron chi connectivity index (χ0n) is 16.3. The highest BCUT2D eigenvalue weighted by molar-refractivity contribution is 6.41. The molecule has 0 saturated carbocycles. The molecular weight excluding hydrogens is 402 g/mol. The van der Waals surface area contributed by atoms with Crippen LogP contribution in [0.15, 0.2) is 56.9 Å². The number of Topliss-reactive ketones (excluding diaryl/α,β-unsaturated/α-hetero) is 2. The van der Waals surface area contributed by atoms with E-state index in [9.17, 15) is 9.59 Å². The van der Waals surface area contributed by atoms with Crippen molar-refractivity contribution in [1.29, 1.82) is 0 Å². The maximum Gasteiger partial charge on any atom is 0.266 e. The predicted molar refractivity (Wildman–Crippen MR) is 114 cm³/mol. The van der Waals surface area contributed by atoms with E-state index in [0.29, 0.717) is 39.1 Å². The Morgan fingerprint density at radius 2 is 1.70 bits per heavy atom. The molecule has 148 valence electrons. The van der Waals surface area contributed by atoms with Crippen LogP contribution in [0.2, 0.25) is 5.02 Å². The second kappa shape index (κ2) is 6.82. The number of oxazole rings is 1. The molecular formula is C24H16ClNO4. The van der Waals surface area contributed by atoms with Gasteiger partial charge in [0.25, 0.3) is 5.71 Å². The molecule has 0 amide bonds. The van der Waals surface area contributed by atoms with Crippen LogP contribution in [-0.2, 0) is 6.42 Å². The number of carbonyl (C=O) groups excluding carboxylic acids is 2. The number of ketones is 2. The lowest BCUT2D eigenvalue weighted by Crippen LogP contribution is -1.99. The summed E-state index contributed by atoms with van der Waals surface area (Å²) in [7, 11) is 0. The molecule has 1 aliphatic rings. The van der Waals surface area contributed by atoms with Gasteiger partial charge in [-0.25, -0.2) is 0 Å². The summed E-state index contributed by atoms with van der Waals surface area (Å²) in [6.45, 7) is 3.97. The molecule has 1 aliphatic carbocycles. The molecule has 2 aromatic carbocycles. The van der Waals surface area contributed by atoms with E-state index in [-0.39, 0.29) is 17.1 Å². The molecule has 0 saturated heterocycles.